The van der Waals surface area contributed by atoms with E-state index in [1.165, 1.54) is 0 Å². The number of carbonyl (C=O) groups is 3. The van der Waals surface area contributed by atoms with E-state index in [0.717, 1.165) is 5.56 Å². The summed E-state index contributed by atoms with van der Waals surface area (Å²) in [7, 11) is 0. The Morgan fingerprint density at radius 2 is 1.58 bits per heavy atom. The molecule has 7 nitrogen and oxygen atoms in total. The highest BCUT2D eigenvalue weighted by atomic mass is 35.5. The van der Waals surface area contributed by atoms with Crippen molar-refractivity contribution in [1.29, 1.82) is 0 Å². The number of halogens is 1. The van der Waals surface area contributed by atoms with Gasteiger partial charge in [0.15, 0.2) is 0 Å². The lowest BCUT2D eigenvalue weighted by atomic mass is 10.0. The SMILES string of the molecule is CCOC(=O)N1CCN(C(=O)CC(NC(=O)c2ccccc2Cl)c2ccccc2)CC1. The lowest BCUT2D eigenvalue weighted by Crippen LogP contribution is -2.51. The molecule has 1 heterocycles. The molecule has 1 atom stereocenters. The van der Waals surface area contributed by atoms with Crippen LogP contribution < -0.4 is 5.32 Å². The average Bonchev–Trinajstić information content (AvgIpc) is 2.79. The van der Waals surface area contributed by atoms with Gasteiger partial charge in [-0.2, -0.15) is 0 Å². The number of hydrogen-bond donors (Lipinski definition) is 1. The van der Waals surface area contributed by atoms with E-state index in [2.05, 4.69) is 5.32 Å². The second-order valence-corrected chi connectivity index (χ2v) is 7.59. The number of ether oxygens (including phenoxy) is 1. The molecule has 31 heavy (non-hydrogen) atoms. The van der Waals surface area contributed by atoms with E-state index in [1.54, 1.807) is 41.0 Å². The molecule has 8 heteroatoms. The molecule has 0 radical (unpaired) electrons. The molecule has 1 aliphatic rings. The van der Waals surface area contributed by atoms with Gasteiger partial charge in [0.2, 0.25) is 5.91 Å². The van der Waals surface area contributed by atoms with Gasteiger partial charge >= 0.3 is 6.09 Å². The van der Waals surface area contributed by atoms with Crippen molar-refractivity contribution in [2.45, 2.75) is 19.4 Å². The fourth-order valence-corrected chi connectivity index (χ4v) is 3.70. The summed E-state index contributed by atoms with van der Waals surface area (Å²) >= 11 is 6.16. The predicted molar refractivity (Wildman–Crippen MR) is 118 cm³/mol. The van der Waals surface area contributed by atoms with E-state index < -0.39 is 6.04 Å². The van der Waals surface area contributed by atoms with Crippen LogP contribution in [0, 0.1) is 0 Å². The van der Waals surface area contributed by atoms with Crippen LogP contribution >= 0.6 is 11.6 Å². The average molecular weight is 444 g/mol. The summed E-state index contributed by atoms with van der Waals surface area (Å²) in [5, 5.41) is 3.30. The van der Waals surface area contributed by atoms with E-state index in [0.29, 0.717) is 43.4 Å². The van der Waals surface area contributed by atoms with Crippen molar-refractivity contribution in [1.82, 2.24) is 15.1 Å². The minimum absolute atomic E-state index is 0.0863. The van der Waals surface area contributed by atoms with Gasteiger partial charge in [-0.05, 0) is 24.6 Å². The second kappa shape index (κ2) is 10.8. The van der Waals surface area contributed by atoms with Crippen molar-refractivity contribution < 1.29 is 19.1 Å². The number of hydrogen-bond acceptors (Lipinski definition) is 4. The van der Waals surface area contributed by atoms with E-state index in [4.69, 9.17) is 16.3 Å². The molecule has 0 bridgehead atoms. The first kappa shape index (κ1) is 22.6. The highest BCUT2D eigenvalue weighted by Gasteiger charge is 2.27. The van der Waals surface area contributed by atoms with Gasteiger partial charge in [-0.1, -0.05) is 54.1 Å². The molecule has 3 amide bonds. The fraction of sp³-hybridized carbons (Fsp3) is 0.348. The Hall–Kier alpha value is -3.06. The van der Waals surface area contributed by atoms with Crippen LogP contribution in [0.4, 0.5) is 4.79 Å². The number of rotatable bonds is 6. The number of carbonyl (C=O) groups excluding carboxylic acids is 3. The largest absolute Gasteiger partial charge is 0.450 e. The summed E-state index contributed by atoms with van der Waals surface area (Å²) in [6.45, 7) is 3.79. The second-order valence-electron chi connectivity index (χ2n) is 7.19. The number of nitrogens with one attached hydrogen (secondary N) is 1. The van der Waals surface area contributed by atoms with Crippen molar-refractivity contribution >= 4 is 29.5 Å². The van der Waals surface area contributed by atoms with Gasteiger partial charge in [-0.25, -0.2) is 4.79 Å². The summed E-state index contributed by atoms with van der Waals surface area (Å²) in [4.78, 5) is 41.0. The van der Waals surface area contributed by atoms with E-state index in [-0.39, 0.29) is 24.3 Å². The molecule has 1 aliphatic heterocycles. The number of benzene rings is 2. The van der Waals surface area contributed by atoms with Crippen molar-refractivity contribution in [2.75, 3.05) is 32.8 Å². The van der Waals surface area contributed by atoms with Crippen LogP contribution in [0.5, 0.6) is 0 Å². The van der Waals surface area contributed by atoms with Gasteiger partial charge in [-0.3, -0.25) is 9.59 Å². The summed E-state index contributed by atoms with van der Waals surface area (Å²) < 4.78 is 5.02. The Balaban J connectivity index is 1.67. The van der Waals surface area contributed by atoms with Crippen molar-refractivity contribution in [2.24, 2.45) is 0 Å². The molecule has 1 N–H and O–H groups in total. The molecular formula is C23H26ClN3O4. The minimum Gasteiger partial charge on any atom is -0.450 e. The van der Waals surface area contributed by atoms with Gasteiger partial charge in [0.05, 0.1) is 29.7 Å². The number of amides is 3. The molecular weight excluding hydrogens is 418 g/mol. The smallest absolute Gasteiger partial charge is 0.409 e. The molecule has 1 fully saturated rings. The van der Waals surface area contributed by atoms with Crippen LogP contribution in [0.3, 0.4) is 0 Å². The van der Waals surface area contributed by atoms with Crippen molar-refractivity contribution in [3.05, 3.63) is 70.7 Å². The third kappa shape index (κ3) is 5.98. The Bertz CT molecular complexity index is 914. The first-order valence-corrected chi connectivity index (χ1v) is 10.7. The van der Waals surface area contributed by atoms with Crippen LogP contribution in [0.2, 0.25) is 5.02 Å². The standard InChI is InChI=1S/C23H26ClN3O4/c1-2-31-23(30)27-14-12-26(13-15-27)21(28)16-20(17-8-4-3-5-9-17)25-22(29)18-10-6-7-11-19(18)24/h3-11,20H,2,12-16H2,1H3,(H,25,29). The lowest BCUT2D eigenvalue weighted by molar-refractivity contribution is -0.133. The first-order chi connectivity index (χ1) is 15.0. The van der Waals surface area contributed by atoms with E-state index in [1.807, 2.05) is 30.3 Å². The van der Waals surface area contributed by atoms with Gasteiger partial charge in [0.25, 0.3) is 5.91 Å². The topological polar surface area (TPSA) is 79.0 Å². The molecule has 2 aromatic rings. The minimum atomic E-state index is -0.499. The maximum absolute atomic E-state index is 13.0. The predicted octanol–water partition coefficient (Wildman–Crippen LogP) is 3.50. The van der Waals surface area contributed by atoms with Crippen LogP contribution in [0.1, 0.15) is 35.3 Å². The molecule has 1 saturated heterocycles. The normalized spacial score (nSPS) is 14.6. The van der Waals surface area contributed by atoms with E-state index in [9.17, 15) is 14.4 Å². The summed E-state index contributed by atoms with van der Waals surface area (Å²) in [5.74, 6) is -0.420. The highest BCUT2D eigenvalue weighted by molar-refractivity contribution is 6.33. The van der Waals surface area contributed by atoms with Crippen LogP contribution in [-0.4, -0.2) is 60.5 Å². The first-order valence-electron chi connectivity index (χ1n) is 10.3. The van der Waals surface area contributed by atoms with Crippen molar-refractivity contribution in [3.8, 4) is 0 Å². The Labute approximate surface area is 186 Å². The zero-order valence-corrected chi connectivity index (χ0v) is 18.2. The van der Waals surface area contributed by atoms with Crippen molar-refractivity contribution in [3.63, 3.8) is 0 Å². The lowest BCUT2D eigenvalue weighted by Gasteiger charge is -2.34. The van der Waals surface area contributed by atoms with Gasteiger partial charge in [0.1, 0.15) is 0 Å². The number of piperazine rings is 1. The molecule has 0 aliphatic carbocycles. The third-order valence-corrected chi connectivity index (χ3v) is 5.49. The molecule has 164 valence electrons. The third-order valence-electron chi connectivity index (χ3n) is 5.16. The van der Waals surface area contributed by atoms with Gasteiger partial charge in [-0.15, -0.1) is 0 Å². The van der Waals surface area contributed by atoms with Crippen LogP contribution in [0.15, 0.2) is 54.6 Å². The molecule has 0 aromatic heterocycles. The summed E-state index contributed by atoms with van der Waals surface area (Å²) in [6.07, 6.45) is -0.247. The molecule has 3 rings (SSSR count). The fourth-order valence-electron chi connectivity index (χ4n) is 3.48. The molecule has 0 saturated carbocycles. The number of nitrogens with zero attached hydrogens (tertiary/aromatic N) is 2. The zero-order valence-electron chi connectivity index (χ0n) is 17.4. The monoisotopic (exact) mass is 443 g/mol. The van der Waals surface area contributed by atoms with Gasteiger partial charge in [0, 0.05) is 26.2 Å². The highest BCUT2D eigenvalue weighted by Crippen LogP contribution is 2.21. The molecule has 0 spiro atoms. The Kier molecular flexibility index (Phi) is 7.89. The summed E-state index contributed by atoms with van der Waals surface area (Å²) in [5.41, 5.74) is 1.20. The summed E-state index contributed by atoms with van der Waals surface area (Å²) in [6, 6.07) is 15.7. The Morgan fingerprint density at radius 1 is 0.968 bits per heavy atom. The molecule has 1 unspecified atom stereocenters. The van der Waals surface area contributed by atoms with Crippen LogP contribution in [-0.2, 0) is 9.53 Å². The van der Waals surface area contributed by atoms with Crippen LogP contribution in [0.25, 0.3) is 0 Å². The van der Waals surface area contributed by atoms with Gasteiger partial charge < -0.3 is 19.9 Å². The quantitative estimate of drug-likeness (QED) is 0.741. The maximum atomic E-state index is 13.0. The maximum Gasteiger partial charge on any atom is 0.409 e. The zero-order chi connectivity index (χ0) is 22.2. The molecule has 2 aromatic carbocycles. The Morgan fingerprint density at radius 3 is 2.23 bits per heavy atom. The van der Waals surface area contributed by atoms with E-state index >= 15 is 0 Å².